The summed E-state index contributed by atoms with van der Waals surface area (Å²) in [5, 5.41) is 18.7. The highest BCUT2D eigenvalue weighted by Gasteiger charge is 2.16. The van der Waals surface area contributed by atoms with E-state index in [1.807, 2.05) is 48.5 Å². The number of nitrogens with zero attached hydrogens (tertiary/aromatic N) is 2. The van der Waals surface area contributed by atoms with E-state index in [2.05, 4.69) is 38.1 Å². The lowest BCUT2D eigenvalue weighted by molar-refractivity contribution is 0.298. The van der Waals surface area contributed by atoms with Gasteiger partial charge in [-0.15, -0.1) is 0 Å². The fraction of sp³-hybridized carbons (Fsp3) is 0.500. The average molecular weight is 593 g/mol. The molecule has 3 aromatic carbocycles. The molecule has 0 fully saturated rings. The van der Waals surface area contributed by atoms with Crippen LogP contribution < -0.4 is 9.47 Å². The monoisotopic (exact) mass is 592 g/mol. The summed E-state index contributed by atoms with van der Waals surface area (Å²) in [5.41, 5.74) is 5.21. The molecule has 44 heavy (non-hydrogen) atoms. The molecule has 0 saturated carbocycles. The Balaban J connectivity index is 1.78. The summed E-state index contributed by atoms with van der Waals surface area (Å²) < 4.78 is 13.0. The molecule has 4 heteroatoms. The van der Waals surface area contributed by atoms with E-state index >= 15 is 0 Å². The van der Waals surface area contributed by atoms with Crippen LogP contribution in [-0.2, 0) is 0 Å². The van der Waals surface area contributed by atoms with Gasteiger partial charge in [0.05, 0.1) is 36.5 Å². The van der Waals surface area contributed by atoms with Gasteiger partial charge in [-0.25, -0.2) is 0 Å². The molecule has 0 N–H and O–H groups in total. The molecule has 0 aromatic heterocycles. The smallest absolute Gasteiger partial charge is 0.128 e. The second kappa shape index (κ2) is 21.0. The molecule has 0 bridgehead atoms. The van der Waals surface area contributed by atoms with E-state index in [1.165, 1.54) is 89.9 Å². The average Bonchev–Trinajstić information content (AvgIpc) is 3.07. The minimum atomic E-state index is 0.635. The zero-order chi connectivity index (χ0) is 31.2. The largest absolute Gasteiger partial charge is 0.493 e. The van der Waals surface area contributed by atoms with Crippen LogP contribution in [0.15, 0.2) is 60.7 Å². The molecule has 0 aliphatic rings. The van der Waals surface area contributed by atoms with Crippen molar-refractivity contribution in [2.24, 2.45) is 0 Å². The lowest BCUT2D eigenvalue weighted by Crippen LogP contribution is -2.03. The third-order valence-electron chi connectivity index (χ3n) is 8.24. The van der Waals surface area contributed by atoms with Crippen LogP contribution in [0.25, 0.3) is 22.3 Å². The molecule has 0 unspecified atom stereocenters. The molecule has 0 saturated heterocycles. The highest BCUT2D eigenvalue weighted by molar-refractivity contribution is 5.81. The van der Waals surface area contributed by atoms with Crippen molar-refractivity contribution in [2.45, 2.75) is 117 Å². The minimum Gasteiger partial charge on any atom is -0.493 e. The molecule has 4 nitrogen and oxygen atoms in total. The Hall–Kier alpha value is -3.76. The SMILES string of the molecule is CCCCCCCCCCOc1cc(-c2ccc(C#N)cc2)c(OCCCCCCCCCC)cc1-c1ccc(C#N)cc1. The summed E-state index contributed by atoms with van der Waals surface area (Å²) in [6, 6.07) is 24.0. The summed E-state index contributed by atoms with van der Waals surface area (Å²) in [6.45, 7) is 5.82. The normalized spacial score (nSPS) is 10.7. The third kappa shape index (κ3) is 12.1. The second-order valence-corrected chi connectivity index (χ2v) is 11.9. The van der Waals surface area contributed by atoms with Crippen molar-refractivity contribution in [3.63, 3.8) is 0 Å². The first-order valence-corrected chi connectivity index (χ1v) is 17.1. The maximum atomic E-state index is 9.34. The Morgan fingerprint density at radius 3 is 1.09 bits per heavy atom. The maximum absolute atomic E-state index is 9.34. The standard InChI is InChI=1S/C40H52N2O2/c1-3-5-7-9-11-13-15-17-27-43-39-29-38(36-25-21-34(32-42)22-26-36)40(44-28-18-16-14-12-10-8-6-4-2)30-37(39)35-23-19-33(31-41)20-24-35/h19-26,29-30H,3-18,27-28H2,1-2H3. The fourth-order valence-electron chi connectivity index (χ4n) is 5.53. The summed E-state index contributed by atoms with van der Waals surface area (Å²) in [5.74, 6) is 1.63. The van der Waals surface area contributed by atoms with Crippen LogP contribution in [0.4, 0.5) is 0 Å². The molecule has 3 aromatic rings. The highest BCUT2D eigenvalue weighted by Crippen LogP contribution is 2.41. The van der Waals surface area contributed by atoms with Crippen LogP contribution in [0, 0.1) is 22.7 Å². The van der Waals surface area contributed by atoms with E-state index in [-0.39, 0.29) is 0 Å². The molecule has 0 amide bonds. The van der Waals surface area contributed by atoms with Gasteiger partial charge in [-0.2, -0.15) is 10.5 Å². The topological polar surface area (TPSA) is 66.0 Å². The number of rotatable bonds is 22. The first-order valence-electron chi connectivity index (χ1n) is 17.1. The number of benzene rings is 3. The van der Waals surface area contributed by atoms with Gasteiger partial charge in [0.1, 0.15) is 11.5 Å². The molecule has 0 atom stereocenters. The second-order valence-electron chi connectivity index (χ2n) is 11.9. The molecule has 0 aliphatic heterocycles. The van der Waals surface area contributed by atoms with Crippen molar-refractivity contribution < 1.29 is 9.47 Å². The molecular formula is C40H52N2O2. The minimum absolute atomic E-state index is 0.635. The Labute approximate surface area is 267 Å². The van der Waals surface area contributed by atoms with E-state index in [0.717, 1.165) is 46.6 Å². The van der Waals surface area contributed by atoms with Gasteiger partial charge in [-0.1, -0.05) is 128 Å². The van der Waals surface area contributed by atoms with Gasteiger partial charge in [-0.05, 0) is 60.4 Å². The molecule has 0 spiro atoms. The predicted octanol–water partition coefficient (Wildman–Crippen LogP) is 11.8. The van der Waals surface area contributed by atoms with Crippen LogP contribution in [0.1, 0.15) is 128 Å². The van der Waals surface area contributed by atoms with Crippen molar-refractivity contribution in [1.29, 1.82) is 10.5 Å². The lowest BCUT2D eigenvalue weighted by Gasteiger charge is -2.19. The van der Waals surface area contributed by atoms with E-state index in [0.29, 0.717) is 24.3 Å². The van der Waals surface area contributed by atoms with Gasteiger partial charge < -0.3 is 9.47 Å². The fourth-order valence-corrected chi connectivity index (χ4v) is 5.53. The van der Waals surface area contributed by atoms with E-state index in [4.69, 9.17) is 9.47 Å². The Bertz CT molecular complexity index is 1200. The van der Waals surface area contributed by atoms with Crippen LogP contribution in [0.3, 0.4) is 0 Å². The van der Waals surface area contributed by atoms with Crippen molar-refractivity contribution in [3.8, 4) is 45.9 Å². The lowest BCUT2D eigenvalue weighted by atomic mass is 9.96. The van der Waals surface area contributed by atoms with Gasteiger partial charge in [0.15, 0.2) is 0 Å². The first-order chi connectivity index (χ1) is 21.7. The van der Waals surface area contributed by atoms with E-state index in [9.17, 15) is 10.5 Å². The molecule has 0 heterocycles. The van der Waals surface area contributed by atoms with Gasteiger partial charge >= 0.3 is 0 Å². The summed E-state index contributed by atoms with van der Waals surface area (Å²) >= 11 is 0. The zero-order valence-corrected chi connectivity index (χ0v) is 27.2. The molecule has 234 valence electrons. The van der Waals surface area contributed by atoms with Crippen molar-refractivity contribution >= 4 is 0 Å². The predicted molar refractivity (Wildman–Crippen MR) is 183 cm³/mol. The Kier molecular flexibility index (Phi) is 16.6. The van der Waals surface area contributed by atoms with Gasteiger partial charge in [0.25, 0.3) is 0 Å². The third-order valence-corrected chi connectivity index (χ3v) is 8.24. The maximum Gasteiger partial charge on any atom is 0.128 e. The molecule has 0 aliphatic carbocycles. The van der Waals surface area contributed by atoms with Crippen molar-refractivity contribution in [1.82, 2.24) is 0 Å². The van der Waals surface area contributed by atoms with Crippen LogP contribution in [0.2, 0.25) is 0 Å². The van der Waals surface area contributed by atoms with E-state index < -0.39 is 0 Å². The number of nitriles is 2. The first kappa shape index (κ1) is 34.7. The summed E-state index contributed by atoms with van der Waals surface area (Å²) in [7, 11) is 0. The zero-order valence-electron chi connectivity index (χ0n) is 27.2. The number of unbranched alkanes of at least 4 members (excludes halogenated alkanes) is 14. The van der Waals surface area contributed by atoms with Gasteiger partial charge in [0.2, 0.25) is 0 Å². The quantitative estimate of drug-likeness (QED) is 0.109. The van der Waals surface area contributed by atoms with E-state index in [1.54, 1.807) is 0 Å². The van der Waals surface area contributed by atoms with Crippen LogP contribution in [-0.4, -0.2) is 13.2 Å². The van der Waals surface area contributed by atoms with Crippen molar-refractivity contribution in [3.05, 3.63) is 71.8 Å². The van der Waals surface area contributed by atoms with Crippen molar-refractivity contribution in [2.75, 3.05) is 13.2 Å². The van der Waals surface area contributed by atoms with Gasteiger partial charge in [0, 0.05) is 11.1 Å². The van der Waals surface area contributed by atoms with Crippen LogP contribution >= 0.6 is 0 Å². The number of hydrogen-bond donors (Lipinski definition) is 0. The number of ether oxygens (including phenoxy) is 2. The Morgan fingerprint density at radius 2 is 0.773 bits per heavy atom. The van der Waals surface area contributed by atoms with Crippen LogP contribution in [0.5, 0.6) is 11.5 Å². The summed E-state index contributed by atoms with van der Waals surface area (Å²) in [4.78, 5) is 0. The highest BCUT2D eigenvalue weighted by atomic mass is 16.5. The Morgan fingerprint density at radius 1 is 0.455 bits per heavy atom. The molecule has 0 radical (unpaired) electrons. The molecule has 3 rings (SSSR count). The molecular weight excluding hydrogens is 540 g/mol. The summed E-state index contributed by atoms with van der Waals surface area (Å²) in [6.07, 6.45) is 20.0. The number of hydrogen-bond acceptors (Lipinski definition) is 4. The van der Waals surface area contributed by atoms with Gasteiger partial charge in [-0.3, -0.25) is 0 Å².